The minimum Gasteiger partial charge on any atom is -0.476 e. The first-order valence-corrected chi connectivity index (χ1v) is 7.85. The van der Waals surface area contributed by atoms with Gasteiger partial charge in [0.25, 0.3) is 0 Å². The number of rotatable bonds is 7. The van der Waals surface area contributed by atoms with Gasteiger partial charge < -0.3 is 15.4 Å². The maximum Gasteiger partial charge on any atom is 0.373 e. The maximum atomic E-state index is 13.0. The SMILES string of the molecule is CB(O)NCCn1nc(C(=O)O)c(Sc2ccc(F)cc2)c1C. The second-order valence-corrected chi connectivity index (χ2v) is 6.06. The van der Waals surface area contributed by atoms with Crippen molar-refractivity contribution in [2.75, 3.05) is 6.54 Å². The minimum absolute atomic E-state index is 0.0335. The van der Waals surface area contributed by atoms with Gasteiger partial charge in [-0.05, 0) is 38.0 Å². The van der Waals surface area contributed by atoms with Gasteiger partial charge in [0.2, 0.25) is 0 Å². The third-order valence-electron chi connectivity index (χ3n) is 3.15. The first kappa shape index (κ1) is 17.5. The zero-order chi connectivity index (χ0) is 17.0. The summed E-state index contributed by atoms with van der Waals surface area (Å²) in [7, 11) is -0.641. The Morgan fingerprint density at radius 2 is 2.09 bits per heavy atom. The topological polar surface area (TPSA) is 87.4 Å². The summed E-state index contributed by atoms with van der Waals surface area (Å²) in [6, 6.07) is 5.85. The van der Waals surface area contributed by atoms with Gasteiger partial charge in [0.1, 0.15) is 5.82 Å². The first-order chi connectivity index (χ1) is 10.9. The number of hydrogen-bond donors (Lipinski definition) is 3. The Hall–Kier alpha value is -1.84. The van der Waals surface area contributed by atoms with Crippen LogP contribution in [-0.4, -0.2) is 39.5 Å². The molecule has 0 aliphatic rings. The Balaban J connectivity index is 2.24. The van der Waals surface area contributed by atoms with Crippen LogP contribution < -0.4 is 5.23 Å². The highest BCUT2D eigenvalue weighted by atomic mass is 32.2. The van der Waals surface area contributed by atoms with Crippen molar-refractivity contribution < 1.29 is 19.3 Å². The number of aromatic nitrogens is 2. The summed E-state index contributed by atoms with van der Waals surface area (Å²) in [4.78, 5) is 12.7. The number of carbonyl (C=O) groups is 1. The van der Waals surface area contributed by atoms with Crippen molar-refractivity contribution in [2.24, 2.45) is 0 Å². The van der Waals surface area contributed by atoms with Crippen molar-refractivity contribution in [2.45, 2.75) is 30.1 Å². The van der Waals surface area contributed by atoms with Gasteiger partial charge in [-0.15, -0.1) is 0 Å². The Morgan fingerprint density at radius 1 is 1.43 bits per heavy atom. The fraction of sp³-hybridized carbons (Fsp3) is 0.286. The first-order valence-electron chi connectivity index (χ1n) is 7.04. The lowest BCUT2D eigenvalue weighted by Crippen LogP contribution is -2.33. The summed E-state index contributed by atoms with van der Waals surface area (Å²) < 4.78 is 14.6. The van der Waals surface area contributed by atoms with Gasteiger partial charge in [0.05, 0.1) is 17.1 Å². The van der Waals surface area contributed by atoms with E-state index in [2.05, 4.69) is 10.3 Å². The normalized spacial score (nSPS) is 10.8. The molecule has 1 heterocycles. The number of hydrogen-bond acceptors (Lipinski definition) is 5. The summed E-state index contributed by atoms with van der Waals surface area (Å²) in [5.74, 6) is -1.45. The fourth-order valence-corrected chi connectivity index (χ4v) is 3.00. The summed E-state index contributed by atoms with van der Waals surface area (Å²) in [6.45, 7) is 4.28. The molecule has 1 aromatic heterocycles. The van der Waals surface area contributed by atoms with Gasteiger partial charge in [0.15, 0.2) is 5.69 Å². The van der Waals surface area contributed by atoms with E-state index in [-0.39, 0.29) is 11.5 Å². The molecule has 3 N–H and O–H groups in total. The molecule has 0 unspecified atom stereocenters. The average Bonchev–Trinajstić information content (AvgIpc) is 2.79. The van der Waals surface area contributed by atoms with Crippen molar-refractivity contribution in [3.63, 3.8) is 0 Å². The molecule has 1 aromatic carbocycles. The van der Waals surface area contributed by atoms with Crippen LogP contribution in [0.25, 0.3) is 0 Å². The van der Waals surface area contributed by atoms with Gasteiger partial charge >= 0.3 is 13.0 Å². The zero-order valence-corrected chi connectivity index (χ0v) is 13.6. The average molecular weight is 337 g/mol. The number of carboxylic acids is 1. The van der Waals surface area contributed by atoms with E-state index >= 15 is 0 Å². The van der Waals surface area contributed by atoms with Gasteiger partial charge in [-0.25, -0.2) is 9.18 Å². The molecule has 2 rings (SSSR count). The molecule has 9 heteroatoms. The molecule has 0 aliphatic carbocycles. The van der Waals surface area contributed by atoms with E-state index in [0.717, 1.165) is 4.90 Å². The molecule has 0 amide bonds. The highest BCUT2D eigenvalue weighted by Crippen LogP contribution is 2.33. The molecule has 0 saturated heterocycles. The number of halogens is 1. The predicted molar refractivity (Wildman–Crippen MR) is 86.3 cm³/mol. The smallest absolute Gasteiger partial charge is 0.373 e. The second kappa shape index (κ2) is 7.63. The van der Waals surface area contributed by atoms with Crippen molar-refractivity contribution >= 4 is 24.8 Å². The lowest BCUT2D eigenvalue weighted by atomic mass is 9.89. The van der Waals surface area contributed by atoms with E-state index in [1.807, 2.05) is 0 Å². The van der Waals surface area contributed by atoms with E-state index in [4.69, 9.17) is 0 Å². The molecule has 0 bridgehead atoms. The highest BCUT2D eigenvalue weighted by molar-refractivity contribution is 7.99. The monoisotopic (exact) mass is 337 g/mol. The van der Waals surface area contributed by atoms with Crippen molar-refractivity contribution in [1.29, 1.82) is 0 Å². The van der Waals surface area contributed by atoms with Gasteiger partial charge in [-0.2, -0.15) is 5.10 Å². The van der Waals surface area contributed by atoms with Crippen LogP contribution in [-0.2, 0) is 6.54 Å². The molecule has 0 fully saturated rings. The number of nitrogens with one attached hydrogen (secondary N) is 1. The van der Waals surface area contributed by atoms with Crippen molar-refractivity contribution in [3.8, 4) is 0 Å². The molecule has 23 heavy (non-hydrogen) atoms. The molecular weight excluding hydrogens is 320 g/mol. The van der Waals surface area contributed by atoms with Crippen LogP contribution in [0.5, 0.6) is 0 Å². The molecule has 6 nitrogen and oxygen atoms in total. The highest BCUT2D eigenvalue weighted by Gasteiger charge is 2.21. The molecule has 122 valence electrons. The van der Waals surface area contributed by atoms with Crippen LogP contribution in [0.15, 0.2) is 34.1 Å². The van der Waals surface area contributed by atoms with Gasteiger partial charge in [-0.1, -0.05) is 11.8 Å². The molecular formula is C14H17BFN3O3S. The molecule has 0 spiro atoms. The third kappa shape index (κ3) is 4.57. The van der Waals surface area contributed by atoms with Crippen LogP contribution in [0.2, 0.25) is 6.82 Å². The largest absolute Gasteiger partial charge is 0.476 e. The van der Waals surface area contributed by atoms with Crippen LogP contribution >= 0.6 is 11.8 Å². The maximum absolute atomic E-state index is 13.0. The molecule has 0 atom stereocenters. The molecule has 0 radical (unpaired) electrons. The van der Waals surface area contributed by atoms with Crippen LogP contribution in [0.1, 0.15) is 16.2 Å². The third-order valence-corrected chi connectivity index (χ3v) is 4.35. The van der Waals surface area contributed by atoms with E-state index in [0.29, 0.717) is 23.7 Å². The predicted octanol–water partition coefficient (Wildman–Crippen LogP) is 1.88. The lowest BCUT2D eigenvalue weighted by Gasteiger charge is -2.07. The Bertz CT molecular complexity index is 691. The van der Waals surface area contributed by atoms with E-state index in [9.17, 15) is 19.3 Å². The molecule has 0 aliphatic heterocycles. The van der Waals surface area contributed by atoms with Crippen LogP contribution in [0.3, 0.4) is 0 Å². The fourth-order valence-electron chi connectivity index (χ4n) is 2.01. The van der Waals surface area contributed by atoms with Crippen molar-refractivity contribution in [1.82, 2.24) is 15.0 Å². The zero-order valence-electron chi connectivity index (χ0n) is 12.8. The Labute approximate surface area is 137 Å². The van der Waals surface area contributed by atoms with Gasteiger partial charge in [0, 0.05) is 11.4 Å². The van der Waals surface area contributed by atoms with Crippen LogP contribution in [0, 0.1) is 12.7 Å². The van der Waals surface area contributed by atoms with E-state index in [1.165, 1.54) is 23.9 Å². The molecule has 2 aromatic rings. The summed E-state index contributed by atoms with van der Waals surface area (Å²) >= 11 is 1.24. The number of nitrogens with zero attached hydrogens (tertiary/aromatic N) is 2. The number of benzene rings is 1. The minimum atomic E-state index is -1.11. The standard InChI is InChI=1S/C14H17BFN3O3S/c1-9-13(23-11-5-3-10(16)4-6-11)12(14(20)21)18-19(9)8-7-17-15(2)22/h3-6,17,22H,7-8H2,1-2H3,(H,20,21). The Kier molecular flexibility index (Phi) is 5.81. The summed E-state index contributed by atoms with van der Waals surface area (Å²) in [6.07, 6.45) is 0. The summed E-state index contributed by atoms with van der Waals surface area (Å²) in [5, 5.41) is 25.5. The Morgan fingerprint density at radius 3 is 2.65 bits per heavy atom. The number of aromatic carboxylic acids is 1. The lowest BCUT2D eigenvalue weighted by molar-refractivity contribution is 0.0685. The second-order valence-electron chi connectivity index (χ2n) is 4.98. The van der Waals surface area contributed by atoms with E-state index < -0.39 is 13.0 Å². The van der Waals surface area contributed by atoms with Crippen LogP contribution in [0.4, 0.5) is 4.39 Å². The number of carboxylic acid groups (broad SMARTS) is 1. The van der Waals surface area contributed by atoms with Gasteiger partial charge in [-0.3, -0.25) is 4.68 Å². The van der Waals surface area contributed by atoms with E-state index in [1.54, 1.807) is 30.6 Å². The molecule has 0 saturated carbocycles. The summed E-state index contributed by atoms with van der Waals surface area (Å²) in [5.41, 5.74) is 0.679. The van der Waals surface area contributed by atoms with Crippen molar-refractivity contribution in [3.05, 3.63) is 41.5 Å². The quantitative estimate of drug-likeness (QED) is 0.669.